The van der Waals surface area contributed by atoms with Gasteiger partial charge < -0.3 is 19.9 Å². The standard InChI is InChI=1S/C21H19N9O7/c1-34-14-8-11(9-15(35-2)18(14)36-3)10-23-25-21(31)16-17(12-4-6-13(7-5-12)30(32)33)29(28-24-16)20-19(22)26-37-27-20/h4-10H,1-3H3,(H2,22,26)(H,25,31). The van der Waals surface area contributed by atoms with Crippen molar-refractivity contribution in [1.29, 1.82) is 0 Å². The number of amides is 1. The minimum Gasteiger partial charge on any atom is -0.493 e. The number of carbonyl (C=O) groups excluding carboxylic acids is 1. The summed E-state index contributed by atoms with van der Waals surface area (Å²) < 4.78 is 21.7. The molecular weight excluding hydrogens is 490 g/mol. The Morgan fingerprint density at radius 2 is 1.81 bits per heavy atom. The monoisotopic (exact) mass is 509 g/mol. The number of anilines is 1. The highest BCUT2D eigenvalue weighted by atomic mass is 16.6. The Morgan fingerprint density at radius 1 is 1.14 bits per heavy atom. The molecule has 0 saturated heterocycles. The van der Waals surface area contributed by atoms with Gasteiger partial charge in [0, 0.05) is 23.3 Å². The van der Waals surface area contributed by atoms with E-state index in [9.17, 15) is 14.9 Å². The van der Waals surface area contributed by atoms with Crippen LogP contribution in [0.3, 0.4) is 0 Å². The van der Waals surface area contributed by atoms with Crippen molar-refractivity contribution in [3.8, 4) is 34.3 Å². The van der Waals surface area contributed by atoms with E-state index in [1.807, 2.05) is 0 Å². The van der Waals surface area contributed by atoms with Gasteiger partial charge in [-0.15, -0.1) is 5.10 Å². The van der Waals surface area contributed by atoms with Crippen molar-refractivity contribution in [2.24, 2.45) is 5.10 Å². The van der Waals surface area contributed by atoms with Crippen molar-refractivity contribution in [3.63, 3.8) is 0 Å². The Bertz CT molecular complexity index is 1450. The van der Waals surface area contributed by atoms with E-state index in [0.29, 0.717) is 28.4 Å². The SMILES string of the molecule is COc1cc(C=NNC(=O)c2nnn(-c3nonc3N)c2-c2ccc([N+](=O)[O-])cc2)cc(OC)c1OC. The number of nitrogen functional groups attached to an aromatic ring is 1. The van der Waals surface area contributed by atoms with E-state index in [1.54, 1.807) is 12.1 Å². The summed E-state index contributed by atoms with van der Waals surface area (Å²) in [6.07, 6.45) is 1.36. The van der Waals surface area contributed by atoms with Gasteiger partial charge in [0.2, 0.25) is 17.4 Å². The number of rotatable bonds is 9. The van der Waals surface area contributed by atoms with Crippen molar-refractivity contribution in [2.75, 3.05) is 27.1 Å². The minimum absolute atomic E-state index is 0.0270. The van der Waals surface area contributed by atoms with Gasteiger partial charge in [-0.3, -0.25) is 14.9 Å². The quantitative estimate of drug-likeness (QED) is 0.187. The van der Waals surface area contributed by atoms with Crippen molar-refractivity contribution in [3.05, 3.63) is 57.8 Å². The molecule has 0 radical (unpaired) electrons. The van der Waals surface area contributed by atoms with E-state index in [2.05, 4.69) is 35.8 Å². The number of hydrogen-bond acceptors (Lipinski definition) is 13. The molecule has 1 amide bonds. The predicted octanol–water partition coefficient (Wildman–Crippen LogP) is 1.60. The van der Waals surface area contributed by atoms with E-state index >= 15 is 0 Å². The highest BCUT2D eigenvalue weighted by Gasteiger charge is 2.25. The first-order valence-electron chi connectivity index (χ1n) is 10.3. The number of nitrogens with one attached hydrogen (secondary N) is 1. The molecule has 4 aromatic rings. The number of carbonyl (C=O) groups is 1. The number of nitrogens with zero attached hydrogens (tertiary/aromatic N) is 7. The first-order chi connectivity index (χ1) is 17.9. The number of methoxy groups -OCH3 is 3. The Labute approximate surface area is 207 Å². The molecule has 190 valence electrons. The summed E-state index contributed by atoms with van der Waals surface area (Å²) >= 11 is 0. The van der Waals surface area contributed by atoms with Crippen LogP contribution in [0.4, 0.5) is 11.5 Å². The van der Waals surface area contributed by atoms with Gasteiger partial charge in [0.25, 0.3) is 11.6 Å². The second-order valence-electron chi connectivity index (χ2n) is 7.13. The summed E-state index contributed by atoms with van der Waals surface area (Å²) in [4.78, 5) is 23.5. The number of benzene rings is 2. The molecule has 0 saturated carbocycles. The van der Waals surface area contributed by atoms with E-state index in [1.165, 1.54) is 51.8 Å². The Kier molecular flexibility index (Phi) is 6.90. The Morgan fingerprint density at radius 3 is 2.35 bits per heavy atom. The molecule has 0 atom stereocenters. The van der Waals surface area contributed by atoms with E-state index in [-0.39, 0.29) is 28.7 Å². The number of non-ortho nitro benzene ring substituents is 1. The summed E-state index contributed by atoms with van der Waals surface area (Å²) in [5, 5.41) is 30.1. The molecule has 2 heterocycles. The zero-order valence-electron chi connectivity index (χ0n) is 19.6. The molecule has 16 nitrogen and oxygen atoms in total. The maximum Gasteiger partial charge on any atom is 0.294 e. The first kappa shape index (κ1) is 24.6. The van der Waals surface area contributed by atoms with E-state index in [0.717, 1.165) is 4.68 Å². The summed E-state index contributed by atoms with van der Waals surface area (Å²) in [7, 11) is 4.42. The number of nitro groups is 1. The molecule has 0 fully saturated rings. The van der Waals surface area contributed by atoms with E-state index in [4.69, 9.17) is 19.9 Å². The highest BCUT2D eigenvalue weighted by Crippen LogP contribution is 2.37. The van der Waals surface area contributed by atoms with Crippen LogP contribution in [-0.4, -0.2) is 63.7 Å². The smallest absolute Gasteiger partial charge is 0.294 e. The van der Waals surface area contributed by atoms with Crippen LogP contribution >= 0.6 is 0 Å². The fourth-order valence-electron chi connectivity index (χ4n) is 3.32. The highest BCUT2D eigenvalue weighted by molar-refractivity contribution is 5.99. The third-order valence-corrected chi connectivity index (χ3v) is 5.00. The number of nitrogens with two attached hydrogens (primary N) is 1. The fraction of sp³-hybridized carbons (Fsp3) is 0.143. The number of ether oxygens (including phenoxy) is 3. The van der Waals surface area contributed by atoms with Gasteiger partial charge in [0.05, 0.1) is 32.5 Å². The van der Waals surface area contributed by atoms with Gasteiger partial charge in [-0.2, -0.15) is 9.78 Å². The molecule has 0 spiro atoms. The molecule has 4 rings (SSSR count). The summed E-state index contributed by atoms with van der Waals surface area (Å²) in [6, 6.07) is 8.65. The molecule has 0 aliphatic carbocycles. The third kappa shape index (κ3) is 4.83. The fourth-order valence-corrected chi connectivity index (χ4v) is 3.32. The third-order valence-electron chi connectivity index (χ3n) is 5.00. The lowest BCUT2D eigenvalue weighted by molar-refractivity contribution is -0.384. The second-order valence-corrected chi connectivity index (χ2v) is 7.13. The lowest BCUT2D eigenvalue weighted by atomic mass is 10.1. The van der Waals surface area contributed by atoms with Gasteiger partial charge in [0.1, 0.15) is 5.69 Å². The van der Waals surface area contributed by atoms with Crippen molar-refractivity contribution >= 4 is 23.6 Å². The van der Waals surface area contributed by atoms with Crippen LogP contribution in [0.15, 0.2) is 46.1 Å². The second kappa shape index (κ2) is 10.4. The Hall–Kier alpha value is -5.54. The van der Waals surface area contributed by atoms with Crippen molar-refractivity contribution in [2.45, 2.75) is 0 Å². The zero-order chi connectivity index (χ0) is 26.5. The Balaban J connectivity index is 1.67. The molecule has 2 aromatic carbocycles. The zero-order valence-corrected chi connectivity index (χ0v) is 19.6. The van der Waals surface area contributed by atoms with Crippen LogP contribution in [0, 0.1) is 10.1 Å². The molecule has 16 heteroatoms. The van der Waals surface area contributed by atoms with Crippen molar-refractivity contribution < 1.29 is 28.6 Å². The number of hydrogen-bond donors (Lipinski definition) is 2. The number of aromatic nitrogens is 5. The topological polar surface area (TPSA) is 208 Å². The molecule has 0 unspecified atom stereocenters. The van der Waals surface area contributed by atoms with Gasteiger partial charge in [0.15, 0.2) is 17.2 Å². The molecule has 0 aliphatic heterocycles. The van der Waals surface area contributed by atoms with Crippen molar-refractivity contribution in [1.82, 2.24) is 30.7 Å². The van der Waals surface area contributed by atoms with Gasteiger partial charge >= 0.3 is 0 Å². The lowest BCUT2D eigenvalue weighted by Gasteiger charge is -2.12. The summed E-state index contributed by atoms with van der Waals surface area (Å²) in [5.74, 6) is 0.324. The van der Waals surface area contributed by atoms with Crippen LogP contribution in [0.5, 0.6) is 17.2 Å². The van der Waals surface area contributed by atoms with Gasteiger partial charge in [-0.1, -0.05) is 5.21 Å². The van der Waals surface area contributed by atoms with Crippen LogP contribution < -0.4 is 25.4 Å². The van der Waals surface area contributed by atoms with Crippen LogP contribution in [-0.2, 0) is 0 Å². The minimum atomic E-state index is -0.738. The van der Waals surface area contributed by atoms with Crippen LogP contribution in [0.2, 0.25) is 0 Å². The molecular formula is C21H19N9O7. The predicted molar refractivity (Wildman–Crippen MR) is 127 cm³/mol. The lowest BCUT2D eigenvalue weighted by Crippen LogP contribution is -2.19. The molecule has 2 aromatic heterocycles. The molecule has 3 N–H and O–H groups in total. The normalized spacial score (nSPS) is 10.9. The molecule has 0 aliphatic rings. The first-order valence-corrected chi connectivity index (χ1v) is 10.3. The maximum absolute atomic E-state index is 13.0. The van der Waals surface area contributed by atoms with Crippen LogP contribution in [0.1, 0.15) is 16.1 Å². The summed E-state index contributed by atoms with van der Waals surface area (Å²) in [5.41, 5.74) is 8.85. The average molecular weight is 509 g/mol. The number of hydrazone groups is 1. The van der Waals surface area contributed by atoms with Gasteiger partial charge in [-0.25, -0.2) is 10.1 Å². The largest absolute Gasteiger partial charge is 0.493 e. The summed E-state index contributed by atoms with van der Waals surface area (Å²) in [6.45, 7) is 0. The molecule has 37 heavy (non-hydrogen) atoms. The maximum atomic E-state index is 13.0. The van der Waals surface area contributed by atoms with Crippen LogP contribution in [0.25, 0.3) is 17.1 Å². The molecule has 0 bridgehead atoms. The average Bonchev–Trinajstić information content (AvgIpc) is 3.53. The van der Waals surface area contributed by atoms with Gasteiger partial charge in [-0.05, 0) is 34.6 Å². The van der Waals surface area contributed by atoms with E-state index < -0.39 is 10.8 Å². The number of nitro benzene ring substituents is 1.